The van der Waals surface area contributed by atoms with Gasteiger partial charge in [0.05, 0.1) is 16.8 Å². The van der Waals surface area contributed by atoms with E-state index in [1.807, 2.05) is 44.2 Å². The molecule has 0 N–H and O–H groups in total. The number of allylic oxidation sites excluding steroid dienone is 5. The number of methoxy groups -OCH3 is 1. The average Bonchev–Trinajstić information content (AvgIpc) is 2.73. The lowest BCUT2D eigenvalue weighted by atomic mass is 9.92. The van der Waals surface area contributed by atoms with E-state index >= 15 is 0 Å². The van der Waals surface area contributed by atoms with Gasteiger partial charge in [-0.25, -0.2) is 4.99 Å². The predicted octanol–water partition coefficient (Wildman–Crippen LogP) is 7.70. The monoisotopic (exact) mass is 433 g/mol. The molecule has 0 saturated carbocycles. The molecule has 0 heterocycles. The Labute approximate surface area is 189 Å². The fourth-order valence-corrected chi connectivity index (χ4v) is 4.03. The largest absolute Gasteiger partial charge is 0.381 e. The fourth-order valence-electron chi connectivity index (χ4n) is 2.97. The highest BCUT2D eigenvalue weighted by Gasteiger charge is 2.16. The first-order valence-electron chi connectivity index (χ1n) is 11.4. The zero-order valence-electron chi connectivity index (χ0n) is 20.1. The maximum atomic E-state index is 12.9. The van der Waals surface area contributed by atoms with Gasteiger partial charge in [-0.1, -0.05) is 59.3 Å². The number of ketones is 1. The van der Waals surface area contributed by atoms with Crippen LogP contribution in [0.2, 0.25) is 0 Å². The van der Waals surface area contributed by atoms with Gasteiger partial charge in [-0.05, 0) is 63.0 Å². The van der Waals surface area contributed by atoms with Crippen LogP contribution in [0.15, 0.2) is 53.2 Å². The van der Waals surface area contributed by atoms with Gasteiger partial charge in [-0.2, -0.15) is 0 Å². The average molecular weight is 434 g/mol. The van der Waals surface area contributed by atoms with Gasteiger partial charge in [0.2, 0.25) is 0 Å². The van der Waals surface area contributed by atoms with Crippen molar-refractivity contribution in [3.05, 3.63) is 48.2 Å². The third kappa shape index (κ3) is 13.0. The minimum atomic E-state index is 0.00163. The van der Waals surface area contributed by atoms with Crippen LogP contribution in [0.1, 0.15) is 79.6 Å². The second kappa shape index (κ2) is 18.4. The number of unbranched alkanes of at least 4 members (excludes halogenated alkanes) is 1. The summed E-state index contributed by atoms with van der Waals surface area (Å²) in [4.78, 5) is 17.5. The molecule has 0 aromatic rings. The molecular formula is C26H43NO2S. The second-order valence-corrected chi connectivity index (χ2v) is 8.62. The van der Waals surface area contributed by atoms with Crippen molar-refractivity contribution >= 4 is 22.6 Å². The molecule has 0 aliphatic carbocycles. The molecule has 0 aromatic heterocycles. The molecule has 30 heavy (non-hydrogen) atoms. The highest BCUT2D eigenvalue weighted by molar-refractivity contribution is 8.14. The number of hydrogen-bond donors (Lipinski definition) is 0. The van der Waals surface area contributed by atoms with Gasteiger partial charge in [0, 0.05) is 18.6 Å². The number of ether oxygens (including phenoxy) is 1. The molecule has 4 heteroatoms. The first kappa shape index (κ1) is 28.6. The van der Waals surface area contributed by atoms with Gasteiger partial charge in [0.25, 0.3) is 0 Å². The number of rotatable bonds is 16. The van der Waals surface area contributed by atoms with Crippen LogP contribution in [0.3, 0.4) is 0 Å². The zero-order valence-corrected chi connectivity index (χ0v) is 20.9. The van der Waals surface area contributed by atoms with Crippen molar-refractivity contribution in [3.63, 3.8) is 0 Å². The smallest absolute Gasteiger partial charge is 0.165 e. The Balaban J connectivity index is 5.00. The summed E-state index contributed by atoms with van der Waals surface area (Å²) in [6, 6.07) is 0. The summed E-state index contributed by atoms with van der Waals surface area (Å²) in [6.45, 7) is 14.4. The highest BCUT2D eigenvalue weighted by Crippen LogP contribution is 2.19. The lowest BCUT2D eigenvalue weighted by Crippen LogP contribution is -2.15. The van der Waals surface area contributed by atoms with Crippen LogP contribution in [-0.2, 0) is 9.53 Å². The van der Waals surface area contributed by atoms with Crippen LogP contribution < -0.4 is 0 Å². The number of Topliss-reactive ketones (excluding diaryl/α,β-unsaturated/α-hetero) is 1. The van der Waals surface area contributed by atoms with Crippen molar-refractivity contribution in [2.45, 2.75) is 85.7 Å². The summed E-state index contributed by atoms with van der Waals surface area (Å²) in [5, 5.41) is 0.963. The SMILES string of the molecule is C=C(/C=C\C(=C/CC)C(=O)C(C)CCCC(CC)OC)N=C(/C=C\C)SCCCC. The summed E-state index contributed by atoms with van der Waals surface area (Å²) in [7, 11) is 1.76. The Hall–Kier alpha value is -1.39. The molecular weight excluding hydrogens is 390 g/mol. The van der Waals surface area contributed by atoms with E-state index in [0.717, 1.165) is 48.5 Å². The first-order valence-corrected chi connectivity index (χ1v) is 12.4. The third-order valence-corrected chi connectivity index (χ3v) is 5.89. The molecule has 0 saturated heterocycles. The summed E-state index contributed by atoms with van der Waals surface area (Å²) in [5.74, 6) is 1.25. The Kier molecular flexibility index (Phi) is 17.5. The molecule has 0 spiro atoms. The van der Waals surface area contributed by atoms with E-state index < -0.39 is 0 Å². The normalized spacial score (nSPS) is 15.1. The lowest BCUT2D eigenvalue weighted by Gasteiger charge is -2.15. The molecule has 0 aromatic carbocycles. The molecule has 2 atom stereocenters. The predicted molar refractivity (Wildman–Crippen MR) is 135 cm³/mol. The highest BCUT2D eigenvalue weighted by atomic mass is 32.2. The maximum Gasteiger partial charge on any atom is 0.165 e. The minimum Gasteiger partial charge on any atom is -0.381 e. The van der Waals surface area contributed by atoms with Crippen LogP contribution in [-0.4, -0.2) is 29.8 Å². The van der Waals surface area contributed by atoms with E-state index in [-0.39, 0.29) is 11.7 Å². The second-order valence-electron chi connectivity index (χ2n) is 7.51. The topological polar surface area (TPSA) is 38.7 Å². The first-order chi connectivity index (χ1) is 14.4. The Bertz CT molecular complexity index is 613. The number of carbonyl (C=O) groups is 1. The van der Waals surface area contributed by atoms with Gasteiger partial charge in [0.15, 0.2) is 5.78 Å². The lowest BCUT2D eigenvalue weighted by molar-refractivity contribution is -0.118. The van der Waals surface area contributed by atoms with Gasteiger partial charge in [-0.15, -0.1) is 11.8 Å². The van der Waals surface area contributed by atoms with Crippen molar-refractivity contribution in [2.24, 2.45) is 10.9 Å². The van der Waals surface area contributed by atoms with Gasteiger partial charge >= 0.3 is 0 Å². The molecule has 0 fully saturated rings. The number of aliphatic imine (C=N–C) groups is 1. The number of nitrogens with zero attached hydrogens (tertiary/aromatic N) is 1. The fraction of sp³-hybridized carbons (Fsp3) is 0.615. The van der Waals surface area contributed by atoms with Crippen molar-refractivity contribution in [3.8, 4) is 0 Å². The number of thioether (sulfide) groups is 1. The van der Waals surface area contributed by atoms with Gasteiger partial charge in [0.1, 0.15) is 0 Å². The van der Waals surface area contributed by atoms with Gasteiger partial charge in [-0.3, -0.25) is 4.79 Å². The Morgan fingerprint density at radius 2 is 1.87 bits per heavy atom. The van der Waals surface area contributed by atoms with Gasteiger partial charge < -0.3 is 4.74 Å². The Morgan fingerprint density at radius 1 is 1.13 bits per heavy atom. The number of hydrogen-bond acceptors (Lipinski definition) is 4. The molecule has 0 aliphatic rings. The number of carbonyl (C=O) groups excluding carboxylic acids is 1. The summed E-state index contributed by atoms with van der Waals surface area (Å²) in [5.41, 5.74) is 1.42. The van der Waals surface area contributed by atoms with E-state index in [4.69, 9.17) is 4.74 Å². The zero-order chi connectivity index (χ0) is 22.8. The van der Waals surface area contributed by atoms with Crippen LogP contribution in [0, 0.1) is 5.92 Å². The van der Waals surface area contributed by atoms with E-state index in [1.165, 1.54) is 12.8 Å². The van der Waals surface area contributed by atoms with Crippen molar-refractivity contribution in [2.75, 3.05) is 12.9 Å². The molecule has 0 aliphatic heterocycles. The van der Waals surface area contributed by atoms with Crippen molar-refractivity contribution in [1.29, 1.82) is 0 Å². The van der Waals surface area contributed by atoms with E-state index in [1.54, 1.807) is 18.9 Å². The van der Waals surface area contributed by atoms with Crippen LogP contribution in [0.25, 0.3) is 0 Å². The molecule has 0 rings (SSSR count). The van der Waals surface area contributed by atoms with E-state index in [0.29, 0.717) is 11.8 Å². The molecule has 0 amide bonds. The minimum absolute atomic E-state index is 0.00163. The molecule has 170 valence electrons. The van der Waals surface area contributed by atoms with Crippen LogP contribution >= 0.6 is 11.8 Å². The molecule has 2 unspecified atom stereocenters. The standard InChI is InChI=1S/C26H43NO2S/c1-8-12-20-30-25(15-10-3)27-22(6)18-19-23(14-9-2)26(28)21(5)16-13-17-24(11-4)29-7/h10,14-15,18-19,21,24H,6,8-9,11-13,16-17,20H2,1-5,7H3/b15-10-,19-18-,23-14+,27-25?. The maximum absolute atomic E-state index is 12.9. The quantitative estimate of drug-likeness (QED) is 0.0822. The van der Waals surface area contributed by atoms with Crippen LogP contribution in [0.4, 0.5) is 0 Å². The summed E-state index contributed by atoms with van der Waals surface area (Å²) >= 11 is 1.75. The van der Waals surface area contributed by atoms with E-state index in [2.05, 4.69) is 32.3 Å². The van der Waals surface area contributed by atoms with Crippen molar-refractivity contribution in [1.82, 2.24) is 0 Å². The molecule has 0 radical (unpaired) electrons. The molecule has 3 nitrogen and oxygen atoms in total. The van der Waals surface area contributed by atoms with Crippen molar-refractivity contribution < 1.29 is 9.53 Å². The Morgan fingerprint density at radius 3 is 2.43 bits per heavy atom. The molecule has 0 bridgehead atoms. The summed E-state index contributed by atoms with van der Waals surface area (Å²) < 4.78 is 5.44. The summed E-state index contributed by atoms with van der Waals surface area (Å²) in [6.07, 6.45) is 17.1. The third-order valence-electron chi connectivity index (χ3n) is 4.87. The van der Waals surface area contributed by atoms with Crippen LogP contribution in [0.5, 0.6) is 0 Å². The van der Waals surface area contributed by atoms with E-state index in [9.17, 15) is 4.79 Å².